The number of H-pyrrole nitrogens is 1. The van der Waals surface area contributed by atoms with Crippen molar-refractivity contribution >= 4 is 33.5 Å². The molecule has 0 unspecified atom stereocenters. The van der Waals surface area contributed by atoms with Crippen molar-refractivity contribution in [1.82, 2.24) is 19.9 Å². The van der Waals surface area contributed by atoms with Gasteiger partial charge in [-0.15, -0.1) is 0 Å². The van der Waals surface area contributed by atoms with Crippen LogP contribution < -0.4 is 5.32 Å². The Balaban J connectivity index is 1.22. The van der Waals surface area contributed by atoms with Crippen LogP contribution in [0.5, 0.6) is 0 Å². The number of aryl methyl sites for hydroxylation is 1. The second kappa shape index (κ2) is 8.96. The average Bonchev–Trinajstić information content (AvgIpc) is 3.36. The fourth-order valence-electron chi connectivity index (χ4n) is 4.13. The molecule has 5 heteroatoms. The highest BCUT2D eigenvalue weighted by Gasteiger charge is 2.10. The lowest BCUT2D eigenvalue weighted by Gasteiger charge is -2.07. The molecule has 0 saturated carbocycles. The summed E-state index contributed by atoms with van der Waals surface area (Å²) in [7, 11) is 0. The molecule has 156 valence electrons. The molecule has 0 bridgehead atoms. The van der Waals surface area contributed by atoms with Crippen molar-refractivity contribution in [2.24, 2.45) is 0 Å². The quantitative estimate of drug-likeness (QED) is 0.300. The Hall–Kier alpha value is -3.08. The number of rotatable bonds is 8. The molecule has 5 rings (SSSR count). The molecule has 3 aromatic carbocycles. The highest BCUT2D eigenvalue weighted by molar-refractivity contribution is 6.31. The third-order valence-corrected chi connectivity index (χ3v) is 6.06. The lowest BCUT2D eigenvalue weighted by molar-refractivity contribution is 0.642. The molecule has 0 fully saturated rings. The van der Waals surface area contributed by atoms with Crippen LogP contribution >= 0.6 is 11.6 Å². The number of aromatic nitrogens is 3. The standard InChI is InChI=1S/C26H25ClN4/c27-22-10-3-1-8-19(22)17-31-18-20(21-9-2-6-13-25(21)31)16-28-15-7-14-26-29-23-11-4-5-12-24(23)30-26/h1-6,8-13,18,28H,7,14-17H2,(H,29,30). The van der Waals surface area contributed by atoms with E-state index in [0.717, 1.165) is 59.9 Å². The van der Waals surface area contributed by atoms with Crippen molar-refractivity contribution in [2.45, 2.75) is 25.9 Å². The second-order valence-corrected chi connectivity index (χ2v) is 8.28. The normalized spacial score (nSPS) is 11.5. The van der Waals surface area contributed by atoms with E-state index < -0.39 is 0 Å². The molecule has 4 nitrogen and oxygen atoms in total. The zero-order valence-corrected chi connectivity index (χ0v) is 18.1. The molecular weight excluding hydrogens is 404 g/mol. The van der Waals surface area contributed by atoms with Crippen LogP contribution in [0.4, 0.5) is 0 Å². The third-order valence-electron chi connectivity index (χ3n) is 5.69. The summed E-state index contributed by atoms with van der Waals surface area (Å²) in [6, 6.07) is 24.8. The first-order valence-corrected chi connectivity index (χ1v) is 11.1. The Kier molecular flexibility index (Phi) is 5.74. The zero-order chi connectivity index (χ0) is 21.0. The van der Waals surface area contributed by atoms with Crippen LogP contribution in [0.2, 0.25) is 5.02 Å². The maximum Gasteiger partial charge on any atom is 0.107 e. The number of benzene rings is 3. The minimum atomic E-state index is 0.770. The van der Waals surface area contributed by atoms with E-state index in [4.69, 9.17) is 11.6 Å². The Labute approximate surface area is 186 Å². The van der Waals surface area contributed by atoms with Crippen molar-refractivity contribution in [3.8, 4) is 0 Å². The first kappa shape index (κ1) is 19.9. The summed E-state index contributed by atoms with van der Waals surface area (Å²) in [4.78, 5) is 8.07. The number of nitrogens with zero attached hydrogens (tertiary/aromatic N) is 2. The highest BCUT2D eigenvalue weighted by Crippen LogP contribution is 2.24. The van der Waals surface area contributed by atoms with Crippen LogP contribution in [0.15, 0.2) is 79.0 Å². The molecule has 0 atom stereocenters. The fraction of sp³-hybridized carbons (Fsp3) is 0.192. The lowest BCUT2D eigenvalue weighted by atomic mass is 10.1. The number of hydrogen-bond acceptors (Lipinski definition) is 2. The van der Waals surface area contributed by atoms with Gasteiger partial charge >= 0.3 is 0 Å². The molecule has 0 radical (unpaired) electrons. The Morgan fingerprint density at radius 1 is 0.903 bits per heavy atom. The van der Waals surface area contributed by atoms with Gasteiger partial charge in [-0.3, -0.25) is 0 Å². The van der Waals surface area contributed by atoms with E-state index in [-0.39, 0.29) is 0 Å². The zero-order valence-electron chi connectivity index (χ0n) is 17.3. The SMILES string of the molecule is Clc1ccccc1Cn1cc(CNCCCc2nc3ccccc3[nH]2)c2ccccc21. The number of imidazole rings is 1. The molecular formula is C26H25ClN4. The number of aromatic amines is 1. The van der Waals surface area contributed by atoms with Gasteiger partial charge in [0.15, 0.2) is 0 Å². The molecule has 0 amide bonds. The van der Waals surface area contributed by atoms with E-state index in [1.54, 1.807) is 0 Å². The topological polar surface area (TPSA) is 45.6 Å². The summed E-state index contributed by atoms with van der Waals surface area (Å²) in [6.45, 7) is 2.56. The van der Waals surface area contributed by atoms with Gasteiger partial charge < -0.3 is 14.9 Å². The summed E-state index contributed by atoms with van der Waals surface area (Å²) in [5.41, 5.74) is 5.83. The average molecular weight is 429 g/mol. The fourth-order valence-corrected chi connectivity index (χ4v) is 4.33. The van der Waals surface area contributed by atoms with Gasteiger partial charge in [-0.05, 0) is 48.4 Å². The smallest absolute Gasteiger partial charge is 0.107 e. The molecule has 2 aromatic heterocycles. The van der Waals surface area contributed by atoms with E-state index in [2.05, 4.69) is 62.4 Å². The second-order valence-electron chi connectivity index (χ2n) is 7.87. The predicted octanol–water partition coefficient (Wildman–Crippen LogP) is 5.94. The summed E-state index contributed by atoms with van der Waals surface area (Å²) in [6.07, 6.45) is 4.23. The van der Waals surface area contributed by atoms with Gasteiger partial charge in [0.25, 0.3) is 0 Å². The number of hydrogen-bond donors (Lipinski definition) is 2. The Morgan fingerprint density at radius 3 is 2.61 bits per heavy atom. The minimum Gasteiger partial charge on any atom is -0.343 e. The van der Waals surface area contributed by atoms with E-state index in [1.807, 2.05) is 36.4 Å². The summed E-state index contributed by atoms with van der Waals surface area (Å²) in [5, 5.41) is 5.71. The summed E-state index contributed by atoms with van der Waals surface area (Å²) >= 11 is 6.39. The molecule has 0 aliphatic carbocycles. The van der Waals surface area contributed by atoms with Crippen LogP contribution in [0.3, 0.4) is 0 Å². The van der Waals surface area contributed by atoms with Gasteiger partial charge in [-0.2, -0.15) is 0 Å². The molecule has 0 aliphatic rings. The van der Waals surface area contributed by atoms with Crippen molar-refractivity contribution in [3.05, 3.63) is 101 Å². The van der Waals surface area contributed by atoms with Crippen LogP contribution in [0, 0.1) is 0 Å². The first-order chi connectivity index (χ1) is 15.3. The van der Waals surface area contributed by atoms with Crippen molar-refractivity contribution in [1.29, 1.82) is 0 Å². The Bertz CT molecular complexity index is 1280. The van der Waals surface area contributed by atoms with Gasteiger partial charge in [0.1, 0.15) is 5.82 Å². The van der Waals surface area contributed by atoms with E-state index in [1.165, 1.54) is 16.5 Å². The molecule has 31 heavy (non-hydrogen) atoms. The predicted molar refractivity (Wildman–Crippen MR) is 129 cm³/mol. The van der Waals surface area contributed by atoms with E-state index >= 15 is 0 Å². The molecule has 0 aliphatic heterocycles. The van der Waals surface area contributed by atoms with Gasteiger partial charge in [0.05, 0.1) is 11.0 Å². The summed E-state index contributed by atoms with van der Waals surface area (Å²) in [5.74, 6) is 1.05. The van der Waals surface area contributed by atoms with E-state index in [0.29, 0.717) is 0 Å². The minimum absolute atomic E-state index is 0.770. The van der Waals surface area contributed by atoms with Crippen molar-refractivity contribution < 1.29 is 0 Å². The maximum atomic E-state index is 6.39. The largest absolute Gasteiger partial charge is 0.343 e. The van der Waals surface area contributed by atoms with Crippen molar-refractivity contribution in [3.63, 3.8) is 0 Å². The van der Waals surface area contributed by atoms with E-state index in [9.17, 15) is 0 Å². The van der Waals surface area contributed by atoms with Gasteiger partial charge in [0, 0.05) is 41.6 Å². The highest BCUT2D eigenvalue weighted by atomic mass is 35.5. The first-order valence-electron chi connectivity index (χ1n) is 10.7. The summed E-state index contributed by atoms with van der Waals surface area (Å²) < 4.78 is 2.29. The third kappa shape index (κ3) is 4.36. The molecule has 2 heterocycles. The van der Waals surface area contributed by atoms with Crippen LogP contribution in [-0.2, 0) is 19.5 Å². The number of halogens is 1. The number of nitrogens with one attached hydrogen (secondary N) is 2. The Morgan fingerprint density at radius 2 is 1.71 bits per heavy atom. The molecule has 5 aromatic rings. The van der Waals surface area contributed by atoms with Crippen LogP contribution in [-0.4, -0.2) is 21.1 Å². The molecule has 0 saturated heterocycles. The number of para-hydroxylation sites is 3. The van der Waals surface area contributed by atoms with Crippen LogP contribution in [0.25, 0.3) is 21.9 Å². The van der Waals surface area contributed by atoms with Gasteiger partial charge in [0.2, 0.25) is 0 Å². The lowest BCUT2D eigenvalue weighted by Crippen LogP contribution is -2.15. The van der Waals surface area contributed by atoms with Gasteiger partial charge in [-0.25, -0.2) is 4.98 Å². The maximum absolute atomic E-state index is 6.39. The van der Waals surface area contributed by atoms with Gasteiger partial charge in [-0.1, -0.05) is 60.1 Å². The molecule has 2 N–H and O–H groups in total. The monoisotopic (exact) mass is 428 g/mol. The molecule has 0 spiro atoms. The van der Waals surface area contributed by atoms with Crippen LogP contribution in [0.1, 0.15) is 23.4 Å². The van der Waals surface area contributed by atoms with Crippen molar-refractivity contribution in [2.75, 3.05) is 6.54 Å². The number of fused-ring (bicyclic) bond motifs is 2.